The van der Waals surface area contributed by atoms with Crippen molar-refractivity contribution in [3.63, 3.8) is 0 Å². The summed E-state index contributed by atoms with van der Waals surface area (Å²) in [4.78, 5) is 23.1. The number of nitrogens with one attached hydrogen (secondary N) is 1. The summed E-state index contributed by atoms with van der Waals surface area (Å²) in [6.45, 7) is 4.30. The Labute approximate surface area is 124 Å². The molecule has 0 aliphatic rings. The second-order valence-corrected chi connectivity index (χ2v) is 5.12. The van der Waals surface area contributed by atoms with Crippen molar-refractivity contribution in [2.24, 2.45) is 0 Å². The smallest absolute Gasteiger partial charge is 0.303 e. The topological polar surface area (TPSA) is 66.4 Å². The molecule has 1 aromatic rings. The number of benzene rings is 1. The maximum absolute atomic E-state index is 13.3. The third kappa shape index (κ3) is 5.63. The first kappa shape index (κ1) is 17.3. The normalized spacial score (nSPS) is 12.1. The van der Waals surface area contributed by atoms with Gasteiger partial charge in [-0.25, -0.2) is 4.39 Å². The summed E-state index contributed by atoms with van der Waals surface area (Å²) in [5.74, 6) is -1.47. The van der Waals surface area contributed by atoms with Crippen LogP contribution in [0.15, 0.2) is 18.2 Å². The summed E-state index contributed by atoms with van der Waals surface area (Å²) in [5, 5.41) is 11.9. The summed E-state index contributed by atoms with van der Waals surface area (Å²) >= 11 is 0. The molecule has 0 fully saturated rings. The van der Waals surface area contributed by atoms with E-state index in [1.54, 1.807) is 6.92 Å². The van der Waals surface area contributed by atoms with Gasteiger partial charge in [0.2, 0.25) is 0 Å². The quantitative estimate of drug-likeness (QED) is 0.543. The maximum Gasteiger partial charge on any atom is 0.303 e. The molecule has 1 atom stereocenters. The minimum absolute atomic E-state index is 0.0737. The van der Waals surface area contributed by atoms with Gasteiger partial charge in [0.05, 0.1) is 6.04 Å². The molecule has 0 aliphatic carbocycles. The molecular weight excluding hydrogens is 273 g/mol. The molecule has 1 aromatic carbocycles. The first-order valence-electron chi connectivity index (χ1n) is 7.21. The molecule has 0 radical (unpaired) electrons. The number of halogens is 1. The number of aliphatic carboxylic acids is 1. The van der Waals surface area contributed by atoms with Crippen LogP contribution >= 0.6 is 0 Å². The predicted octanol–water partition coefficient (Wildman–Crippen LogP) is 2.94. The van der Waals surface area contributed by atoms with Crippen LogP contribution in [0.25, 0.3) is 0 Å². The highest BCUT2D eigenvalue weighted by Crippen LogP contribution is 2.13. The summed E-state index contributed by atoms with van der Waals surface area (Å²) in [5.41, 5.74) is 0.819. The van der Waals surface area contributed by atoms with Gasteiger partial charge in [-0.1, -0.05) is 13.3 Å². The number of carbonyl (C=O) groups is 2. The van der Waals surface area contributed by atoms with Gasteiger partial charge in [0.15, 0.2) is 5.78 Å². The number of carboxylic acids is 1. The molecule has 0 bridgehead atoms. The molecule has 0 saturated carbocycles. The minimum atomic E-state index is -0.930. The number of carboxylic acid groups (broad SMARTS) is 1. The Bertz CT molecular complexity index is 502. The van der Waals surface area contributed by atoms with Gasteiger partial charge in [-0.3, -0.25) is 9.59 Å². The average Bonchev–Trinajstić information content (AvgIpc) is 2.44. The molecule has 5 heteroatoms. The minimum Gasteiger partial charge on any atom is -0.481 e. The fourth-order valence-electron chi connectivity index (χ4n) is 2.05. The van der Waals surface area contributed by atoms with Crippen LogP contribution < -0.4 is 5.32 Å². The lowest BCUT2D eigenvalue weighted by molar-refractivity contribution is -0.137. The second-order valence-electron chi connectivity index (χ2n) is 5.12. The van der Waals surface area contributed by atoms with Gasteiger partial charge in [-0.05, 0) is 50.1 Å². The average molecular weight is 295 g/mol. The van der Waals surface area contributed by atoms with E-state index in [0.717, 1.165) is 12.8 Å². The number of Topliss-reactive ketones (excluding diaryl/α,β-unsaturated/α-hetero) is 1. The fraction of sp³-hybridized carbons (Fsp3) is 0.500. The molecule has 0 amide bonds. The van der Waals surface area contributed by atoms with E-state index < -0.39 is 12.0 Å². The van der Waals surface area contributed by atoms with E-state index in [0.29, 0.717) is 17.7 Å². The Kier molecular flexibility index (Phi) is 7.02. The molecule has 116 valence electrons. The molecular formula is C16H22FNO3. The third-order valence-electron chi connectivity index (χ3n) is 3.33. The number of carbonyl (C=O) groups excluding carboxylic acids is 1. The van der Waals surface area contributed by atoms with E-state index in [2.05, 4.69) is 5.32 Å². The number of hydrogen-bond acceptors (Lipinski definition) is 3. The Hall–Kier alpha value is -1.75. The SMILES string of the molecule is CCCCNC(CCC(=O)O)C(=O)c1ccc(F)c(C)c1. The van der Waals surface area contributed by atoms with Crippen molar-refractivity contribution in [3.05, 3.63) is 35.1 Å². The van der Waals surface area contributed by atoms with Crippen molar-refractivity contribution < 1.29 is 19.1 Å². The first-order chi connectivity index (χ1) is 9.95. The van der Waals surface area contributed by atoms with Gasteiger partial charge >= 0.3 is 5.97 Å². The summed E-state index contributed by atoms with van der Waals surface area (Å²) in [7, 11) is 0. The standard InChI is InChI=1S/C16H22FNO3/c1-3-4-9-18-14(7-8-15(19)20)16(21)12-5-6-13(17)11(2)10-12/h5-6,10,14,18H,3-4,7-9H2,1-2H3,(H,19,20). The number of ketones is 1. The Morgan fingerprint density at radius 2 is 2.10 bits per heavy atom. The van der Waals surface area contributed by atoms with Gasteiger partial charge in [-0.2, -0.15) is 0 Å². The summed E-state index contributed by atoms with van der Waals surface area (Å²) in [6, 6.07) is 3.67. The molecule has 0 saturated heterocycles. The first-order valence-corrected chi connectivity index (χ1v) is 7.21. The zero-order valence-electron chi connectivity index (χ0n) is 12.5. The predicted molar refractivity (Wildman–Crippen MR) is 79.0 cm³/mol. The molecule has 2 N–H and O–H groups in total. The van der Waals surface area contributed by atoms with Crippen LogP contribution in [-0.4, -0.2) is 29.4 Å². The Morgan fingerprint density at radius 3 is 2.67 bits per heavy atom. The van der Waals surface area contributed by atoms with E-state index in [1.807, 2.05) is 6.92 Å². The van der Waals surface area contributed by atoms with Gasteiger partial charge < -0.3 is 10.4 Å². The van der Waals surface area contributed by atoms with Crippen LogP contribution in [0.4, 0.5) is 4.39 Å². The van der Waals surface area contributed by atoms with E-state index in [-0.39, 0.29) is 24.4 Å². The molecule has 4 nitrogen and oxygen atoms in total. The van der Waals surface area contributed by atoms with Crippen molar-refractivity contribution in [1.29, 1.82) is 0 Å². The van der Waals surface area contributed by atoms with E-state index >= 15 is 0 Å². The van der Waals surface area contributed by atoms with E-state index in [4.69, 9.17) is 5.11 Å². The summed E-state index contributed by atoms with van der Waals surface area (Å²) < 4.78 is 13.3. The third-order valence-corrected chi connectivity index (χ3v) is 3.33. The number of aryl methyl sites for hydroxylation is 1. The maximum atomic E-state index is 13.3. The highest BCUT2D eigenvalue weighted by Gasteiger charge is 2.20. The van der Waals surface area contributed by atoms with Crippen LogP contribution in [0.3, 0.4) is 0 Å². The molecule has 0 aromatic heterocycles. The van der Waals surface area contributed by atoms with Gasteiger partial charge in [0, 0.05) is 12.0 Å². The fourth-order valence-corrected chi connectivity index (χ4v) is 2.05. The van der Waals surface area contributed by atoms with Crippen molar-refractivity contribution >= 4 is 11.8 Å². The van der Waals surface area contributed by atoms with Crippen molar-refractivity contribution in [1.82, 2.24) is 5.32 Å². The van der Waals surface area contributed by atoms with Crippen LogP contribution in [0.2, 0.25) is 0 Å². The highest BCUT2D eigenvalue weighted by molar-refractivity contribution is 6.00. The monoisotopic (exact) mass is 295 g/mol. The lowest BCUT2D eigenvalue weighted by atomic mass is 9.98. The van der Waals surface area contributed by atoms with Gasteiger partial charge in [0.1, 0.15) is 5.82 Å². The lowest BCUT2D eigenvalue weighted by Crippen LogP contribution is -2.38. The second kappa shape index (κ2) is 8.52. The van der Waals surface area contributed by atoms with Crippen LogP contribution in [0, 0.1) is 12.7 Å². The highest BCUT2D eigenvalue weighted by atomic mass is 19.1. The molecule has 21 heavy (non-hydrogen) atoms. The van der Waals surface area contributed by atoms with Crippen LogP contribution in [0.1, 0.15) is 48.5 Å². The van der Waals surface area contributed by atoms with Crippen LogP contribution in [-0.2, 0) is 4.79 Å². The van der Waals surface area contributed by atoms with Crippen molar-refractivity contribution in [2.75, 3.05) is 6.54 Å². The van der Waals surface area contributed by atoms with Crippen molar-refractivity contribution in [2.45, 2.75) is 45.6 Å². The molecule has 1 rings (SSSR count). The lowest BCUT2D eigenvalue weighted by Gasteiger charge is -2.17. The molecule has 0 heterocycles. The van der Waals surface area contributed by atoms with Crippen LogP contribution in [0.5, 0.6) is 0 Å². The zero-order valence-corrected chi connectivity index (χ0v) is 12.5. The Balaban J connectivity index is 2.81. The molecule has 1 unspecified atom stereocenters. The number of hydrogen-bond donors (Lipinski definition) is 2. The number of unbranched alkanes of at least 4 members (excludes halogenated alkanes) is 1. The molecule has 0 aliphatic heterocycles. The van der Waals surface area contributed by atoms with Gasteiger partial charge in [-0.15, -0.1) is 0 Å². The largest absolute Gasteiger partial charge is 0.481 e. The van der Waals surface area contributed by atoms with E-state index in [9.17, 15) is 14.0 Å². The van der Waals surface area contributed by atoms with E-state index in [1.165, 1.54) is 18.2 Å². The number of rotatable bonds is 9. The van der Waals surface area contributed by atoms with Crippen molar-refractivity contribution in [3.8, 4) is 0 Å². The molecule has 0 spiro atoms. The zero-order chi connectivity index (χ0) is 15.8. The summed E-state index contributed by atoms with van der Waals surface area (Å²) in [6.07, 6.45) is 2.06. The Morgan fingerprint density at radius 1 is 1.38 bits per heavy atom. The van der Waals surface area contributed by atoms with Gasteiger partial charge in [0.25, 0.3) is 0 Å².